The first-order valence-electron chi connectivity index (χ1n) is 5.88. The van der Waals surface area contributed by atoms with Gasteiger partial charge in [-0.15, -0.1) is 13.2 Å². The van der Waals surface area contributed by atoms with Crippen LogP contribution in [0.15, 0.2) is 25.3 Å². The van der Waals surface area contributed by atoms with Gasteiger partial charge < -0.3 is 8.85 Å². The van der Waals surface area contributed by atoms with Crippen molar-refractivity contribution < 1.29 is 8.85 Å². The Morgan fingerprint density at radius 1 is 1.00 bits per heavy atom. The van der Waals surface area contributed by atoms with Crippen molar-refractivity contribution >= 4 is 9.28 Å². The fraction of sp³-hybridized carbons (Fsp3) is 0.692. The molecule has 0 aromatic rings. The molecule has 1 aliphatic rings. The van der Waals surface area contributed by atoms with E-state index in [1.165, 1.54) is 0 Å². The average Bonchev–Trinajstić information content (AvgIpc) is 2.32. The number of hydrogen-bond acceptors (Lipinski definition) is 2. The molecule has 2 nitrogen and oxygen atoms in total. The fourth-order valence-corrected chi connectivity index (χ4v) is 4.77. The lowest BCUT2D eigenvalue weighted by Crippen LogP contribution is -2.39. The van der Waals surface area contributed by atoms with Crippen molar-refractivity contribution in [3.05, 3.63) is 25.3 Å². The molecule has 0 spiro atoms. The lowest BCUT2D eigenvalue weighted by molar-refractivity contribution is 0.191. The molecular formula is C13H24O2Si. The molecule has 0 amide bonds. The third-order valence-electron chi connectivity index (χ3n) is 4.13. The quantitative estimate of drug-likeness (QED) is 0.543. The summed E-state index contributed by atoms with van der Waals surface area (Å²) in [5.74, 6) is 0. The highest BCUT2D eigenvalue weighted by atomic mass is 28.3. The molecule has 92 valence electrons. The summed E-state index contributed by atoms with van der Waals surface area (Å²) < 4.78 is 11.1. The van der Waals surface area contributed by atoms with E-state index in [0.29, 0.717) is 0 Å². The topological polar surface area (TPSA) is 18.5 Å². The second-order valence-electron chi connectivity index (χ2n) is 5.10. The van der Waals surface area contributed by atoms with Gasteiger partial charge in [0.2, 0.25) is 0 Å². The van der Waals surface area contributed by atoms with Crippen LogP contribution in [0.4, 0.5) is 0 Å². The van der Waals surface area contributed by atoms with Crippen molar-refractivity contribution in [3.8, 4) is 0 Å². The molecule has 0 bridgehead atoms. The molecule has 16 heavy (non-hydrogen) atoms. The summed E-state index contributed by atoms with van der Waals surface area (Å²) in [4.78, 5) is 0. The minimum atomic E-state index is -1.54. The summed E-state index contributed by atoms with van der Waals surface area (Å²) in [5.41, 5.74) is 0.139. The van der Waals surface area contributed by atoms with Crippen LogP contribution in [0.5, 0.6) is 0 Å². The molecule has 0 aromatic carbocycles. The third-order valence-corrected chi connectivity index (χ3v) is 6.71. The van der Waals surface area contributed by atoms with Crippen LogP contribution in [0.1, 0.15) is 32.6 Å². The monoisotopic (exact) mass is 240 g/mol. The van der Waals surface area contributed by atoms with Crippen molar-refractivity contribution in [3.63, 3.8) is 0 Å². The van der Waals surface area contributed by atoms with Gasteiger partial charge in [-0.3, -0.25) is 0 Å². The first-order chi connectivity index (χ1) is 7.55. The Kier molecular flexibility index (Phi) is 4.53. The molecule has 0 unspecified atom stereocenters. The van der Waals surface area contributed by atoms with E-state index >= 15 is 0 Å². The van der Waals surface area contributed by atoms with E-state index < -0.39 is 9.28 Å². The predicted molar refractivity (Wildman–Crippen MR) is 70.8 cm³/mol. The lowest BCUT2D eigenvalue weighted by Gasteiger charge is -2.43. The Hall–Kier alpha value is -0.383. The summed E-state index contributed by atoms with van der Waals surface area (Å²) in [6.45, 7) is 10.2. The van der Waals surface area contributed by atoms with E-state index in [2.05, 4.69) is 32.2 Å². The first-order valence-corrected chi connectivity index (χ1v) is 7.40. The summed E-state index contributed by atoms with van der Waals surface area (Å²) >= 11 is 0. The van der Waals surface area contributed by atoms with Gasteiger partial charge in [-0.25, -0.2) is 0 Å². The van der Waals surface area contributed by atoms with E-state index in [9.17, 15) is 0 Å². The van der Waals surface area contributed by atoms with Crippen LogP contribution in [0.25, 0.3) is 0 Å². The van der Waals surface area contributed by atoms with Crippen LogP contribution in [0.2, 0.25) is 5.04 Å². The van der Waals surface area contributed by atoms with Gasteiger partial charge in [0.15, 0.2) is 0 Å². The number of hydrogen-bond donors (Lipinski definition) is 0. The lowest BCUT2D eigenvalue weighted by atomic mass is 9.70. The molecule has 0 atom stereocenters. The fourth-order valence-electron chi connectivity index (χ4n) is 2.68. The molecule has 1 fully saturated rings. The molecular weight excluding hydrogens is 216 g/mol. The molecule has 0 aliphatic heterocycles. The van der Waals surface area contributed by atoms with Gasteiger partial charge in [-0.1, -0.05) is 19.1 Å². The van der Waals surface area contributed by atoms with Crippen molar-refractivity contribution in [2.75, 3.05) is 14.2 Å². The Labute approximate surface area is 101 Å². The van der Waals surface area contributed by atoms with Crippen LogP contribution >= 0.6 is 0 Å². The smallest absolute Gasteiger partial charge is 0.327 e. The standard InChI is InChI=1S/C13H24O2Si/c1-6-13(7-2)10-8-12(3,9-11-13)16(14-4)15-5/h6-7,16H,1-2,8-11H2,3-5H3. The molecule has 1 aliphatic carbocycles. The second-order valence-corrected chi connectivity index (χ2v) is 8.10. The van der Waals surface area contributed by atoms with E-state index in [4.69, 9.17) is 8.85 Å². The SMILES string of the molecule is C=CC1(C=C)CCC(C)([SiH](OC)OC)CC1. The molecule has 0 heterocycles. The minimum Gasteiger partial charge on any atom is -0.400 e. The Balaban J connectivity index is 2.72. The van der Waals surface area contributed by atoms with Crippen molar-refractivity contribution in [2.45, 2.75) is 37.6 Å². The van der Waals surface area contributed by atoms with Gasteiger partial charge >= 0.3 is 9.28 Å². The van der Waals surface area contributed by atoms with Gasteiger partial charge in [0, 0.05) is 24.7 Å². The van der Waals surface area contributed by atoms with E-state index in [1.807, 2.05) is 0 Å². The van der Waals surface area contributed by atoms with Crippen LogP contribution in [0, 0.1) is 5.41 Å². The highest BCUT2D eigenvalue weighted by Crippen LogP contribution is 2.52. The first kappa shape index (κ1) is 13.7. The van der Waals surface area contributed by atoms with Gasteiger partial charge in [-0.05, 0) is 25.7 Å². The Morgan fingerprint density at radius 3 is 1.75 bits per heavy atom. The zero-order chi connectivity index (χ0) is 12.2. The molecule has 3 heteroatoms. The van der Waals surface area contributed by atoms with Crippen LogP contribution < -0.4 is 0 Å². The maximum absolute atomic E-state index is 5.54. The summed E-state index contributed by atoms with van der Waals surface area (Å²) in [5, 5.41) is 0.249. The highest BCUT2D eigenvalue weighted by molar-refractivity contribution is 6.48. The molecule has 0 saturated heterocycles. The molecule has 0 N–H and O–H groups in total. The zero-order valence-corrected chi connectivity index (χ0v) is 11.9. The third kappa shape index (κ3) is 2.47. The van der Waals surface area contributed by atoms with E-state index in [0.717, 1.165) is 25.7 Å². The maximum atomic E-state index is 5.54. The normalized spacial score (nSPS) is 23.0. The Bertz CT molecular complexity index is 241. The van der Waals surface area contributed by atoms with Gasteiger partial charge in [-0.2, -0.15) is 0 Å². The minimum absolute atomic E-state index is 0.139. The largest absolute Gasteiger partial charge is 0.400 e. The summed E-state index contributed by atoms with van der Waals surface area (Å²) in [6, 6.07) is 0. The van der Waals surface area contributed by atoms with Crippen molar-refractivity contribution in [1.82, 2.24) is 0 Å². The molecule has 1 saturated carbocycles. The van der Waals surface area contributed by atoms with Crippen molar-refractivity contribution in [2.24, 2.45) is 5.41 Å². The average molecular weight is 240 g/mol. The van der Waals surface area contributed by atoms with Crippen LogP contribution in [0.3, 0.4) is 0 Å². The van der Waals surface area contributed by atoms with Crippen LogP contribution in [-0.4, -0.2) is 23.5 Å². The number of rotatable bonds is 5. The van der Waals surface area contributed by atoms with Gasteiger partial charge in [0.1, 0.15) is 0 Å². The molecule has 0 radical (unpaired) electrons. The molecule has 1 rings (SSSR count). The van der Waals surface area contributed by atoms with Gasteiger partial charge in [0.25, 0.3) is 0 Å². The van der Waals surface area contributed by atoms with Crippen LogP contribution in [-0.2, 0) is 8.85 Å². The van der Waals surface area contributed by atoms with Gasteiger partial charge in [0.05, 0.1) is 0 Å². The van der Waals surface area contributed by atoms with E-state index in [-0.39, 0.29) is 10.5 Å². The zero-order valence-electron chi connectivity index (χ0n) is 10.8. The second kappa shape index (κ2) is 5.30. The van der Waals surface area contributed by atoms with E-state index in [1.54, 1.807) is 14.2 Å². The Morgan fingerprint density at radius 2 is 1.44 bits per heavy atom. The molecule has 0 aromatic heterocycles. The predicted octanol–water partition coefficient (Wildman–Crippen LogP) is 3.19. The summed E-state index contributed by atoms with van der Waals surface area (Å²) in [6.07, 6.45) is 8.62. The summed E-state index contributed by atoms with van der Waals surface area (Å²) in [7, 11) is 2.01. The maximum Gasteiger partial charge on any atom is 0.327 e. The van der Waals surface area contributed by atoms with Crippen molar-refractivity contribution in [1.29, 1.82) is 0 Å². The highest BCUT2D eigenvalue weighted by Gasteiger charge is 2.44. The number of allylic oxidation sites excluding steroid dienone is 2.